The quantitative estimate of drug-likeness (QED) is 0.689. The Labute approximate surface area is 178 Å². The van der Waals surface area contributed by atoms with Gasteiger partial charge in [-0.15, -0.1) is 0 Å². The third-order valence-electron chi connectivity index (χ3n) is 4.90. The lowest BCUT2D eigenvalue weighted by atomic mass is 10.1. The number of rotatable bonds is 5. The molecule has 1 N–H and O–H groups in total. The van der Waals surface area contributed by atoms with Crippen LogP contribution in [0.5, 0.6) is 0 Å². The number of aryl methyl sites for hydroxylation is 3. The average molecular weight is 459 g/mol. The maximum atomic E-state index is 12.4. The number of esters is 1. The molecule has 1 atom stereocenters. The van der Waals surface area contributed by atoms with Gasteiger partial charge in [0.1, 0.15) is 0 Å². The van der Waals surface area contributed by atoms with Crippen LogP contribution in [0.2, 0.25) is 0 Å². The standard InChI is InChI=1S/C22H23BrN2O4/c1-13-4-5-14(2)19(8-13)25-11-16(10-21(25)27)22(28)29-12-20(26)24-17-6-7-18(23)15(3)9-17/h4-9,16H,10-12H2,1-3H3,(H,24,26)/t16-/m1/s1. The number of carbonyl (C=O) groups is 3. The van der Waals surface area contributed by atoms with Gasteiger partial charge in [0.05, 0.1) is 5.92 Å². The Bertz CT molecular complexity index is 973. The minimum atomic E-state index is -0.579. The number of ether oxygens (including phenoxy) is 1. The Balaban J connectivity index is 1.56. The predicted octanol–water partition coefficient (Wildman–Crippen LogP) is 3.91. The van der Waals surface area contributed by atoms with Gasteiger partial charge in [0.15, 0.2) is 6.61 Å². The fourth-order valence-electron chi connectivity index (χ4n) is 3.28. The lowest BCUT2D eigenvalue weighted by Gasteiger charge is -2.19. The lowest BCUT2D eigenvalue weighted by Crippen LogP contribution is -2.28. The molecule has 2 aromatic rings. The molecule has 6 nitrogen and oxygen atoms in total. The highest BCUT2D eigenvalue weighted by Gasteiger charge is 2.36. The van der Waals surface area contributed by atoms with Crippen molar-refractivity contribution in [1.82, 2.24) is 0 Å². The molecular weight excluding hydrogens is 436 g/mol. The third-order valence-corrected chi connectivity index (χ3v) is 5.79. The Morgan fingerprint density at radius 2 is 1.90 bits per heavy atom. The van der Waals surface area contributed by atoms with Crippen LogP contribution in [-0.4, -0.2) is 30.9 Å². The van der Waals surface area contributed by atoms with Crippen LogP contribution < -0.4 is 10.2 Å². The zero-order valence-electron chi connectivity index (χ0n) is 16.6. The normalized spacial score (nSPS) is 16.1. The smallest absolute Gasteiger partial charge is 0.311 e. The zero-order valence-corrected chi connectivity index (χ0v) is 18.2. The Hall–Kier alpha value is -2.67. The van der Waals surface area contributed by atoms with Gasteiger partial charge in [-0.2, -0.15) is 0 Å². The number of hydrogen-bond acceptors (Lipinski definition) is 4. The van der Waals surface area contributed by atoms with Gasteiger partial charge in [-0.1, -0.05) is 28.1 Å². The van der Waals surface area contributed by atoms with E-state index in [1.54, 1.807) is 11.0 Å². The number of halogens is 1. The summed E-state index contributed by atoms with van der Waals surface area (Å²) in [4.78, 5) is 38.5. The second-order valence-electron chi connectivity index (χ2n) is 7.32. The van der Waals surface area contributed by atoms with Crippen molar-refractivity contribution in [1.29, 1.82) is 0 Å². The molecule has 0 bridgehead atoms. The number of nitrogens with zero attached hydrogens (tertiary/aromatic N) is 1. The van der Waals surface area contributed by atoms with Gasteiger partial charge in [-0.25, -0.2) is 0 Å². The molecule has 0 unspecified atom stereocenters. The third kappa shape index (κ3) is 5.03. The molecule has 0 saturated carbocycles. The first-order valence-electron chi connectivity index (χ1n) is 9.35. The van der Waals surface area contributed by atoms with Crippen molar-refractivity contribution in [3.05, 3.63) is 57.6 Å². The van der Waals surface area contributed by atoms with E-state index in [1.807, 2.05) is 51.1 Å². The van der Waals surface area contributed by atoms with Crippen molar-refractivity contribution in [2.45, 2.75) is 27.2 Å². The van der Waals surface area contributed by atoms with E-state index in [4.69, 9.17) is 4.74 Å². The van der Waals surface area contributed by atoms with Crippen LogP contribution in [0, 0.1) is 26.7 Å². The summed E-state index contributed by atoms with van der Waals surface area (Å²) in [5, 5.41) is 2.70. The first-order valence-corrected chi connectivity index (χ1v) is 10.1. The number of carbonyl (C=O) groups excluding carboxylic acids is 3. The Morgan fingerprint density at radius 1 is 1.14 bits per heavy atom. The minimum absolute atomic E-state index is 0.0831. The van der Waals surface area contributed by atoms with Crippen LogP contribution in [0.25, 0.3) is 0 Å². The largest absolute Gasteiger partial charge is 0.455 e. The van der Waals surface area contributed by atoms with Crippen molar-refractivity contribution in [2.24, 2.45) is 5.92 Å². The zero-order chi connectivity index (χ0) is 21.1. The molecule has 152 valence electrons. The van der Waals surface area contributed by atoms with Gasteiger partial charge in [-0.05, 0) is 61.7 Å². The lowest BCUT2D eigenvalue weighted by molar-refractivity contribution is -0.151. The molecule has 0 spiro atoms. The summed E-state index contributed by atoms with van der Waals surface area (Å²) in [5.41, 5.74) is 4.44. The molecule has 1 heterocycles. The number of amides is 2. The van der Waals surface area contributed by atoms with E-state index in [0.717, 1.165) is 26.9 Å². The van der Waals surface area contributed by atoms with E-state index in [1.165, 1.54) is 0 Å². The second-order valence-corrected chi connectivity index (χ2v) is 8.17. The van der Waals surface area contributed by atoms with Crippen LogP contribution in [-0.2, 0) is 19.1 Å². The van der Waals surface area contributed by atoms with E-state index in [0.29, 0.717) is 5.69 Å². The van der Waals surface area contributed by atoms with Crippen molar-refractivity contribution in [3.8, 4) is 0 Å². The number of anilines is 2. The molecule has 1 aliphatic rings. The van der Waals surface area contributed by atoms with Crippen LogP contribution in [0.1, 0.15) is 23.1 Å². The first-order chi connectivity index (χ1) is 13.7. The van der Waals surface area contributed by atoms with Gasteiger partial charge in [0, 0.05) is 28.8 Å². The minimum Gasteiger partial charge on any atom is -0.455 e. The van der Waals surface area contributed by atoms with E-state index in [2.05, 4.69) is 21.2 Å². The van der Waals surface area contributed by atoms with Gasteiger partial charge >= 0.3 is 5.97 Å². The molecule has 0 aromatic heterocycles. The average Bonchev–Trinajstić information content (AvgIpc) is 3.06. The van der Waals surface area contributed by atoms with Crippen LogP contribution in [0.3, 0.4) is 0 Å². The molecular formula is C22H23BrN2O4. The van der Waals surface area contributed by atoms with Crippen LogP contribution in [0.4, 0.5) is 11.4 Å². The molecule has 1 saturated heterocycles. The van der Waals surface area contributed by atoms with Crippen molar-refractivity contribution >= 4 is 45.1 Å². The highest BCUT2D eigenvalue weighted by molar-refractivity contribution is 9.10. The highest BCUT2D eigenvalue weighted by Crippen LogP contribution is 2.29. The second kappa shape index (κ2) is 8.78. The monoisotopic (exact) mass is 458 g/mol. The van der Waals surface area contributed by atoms with E-state index < -0.39 is 17.8 Å². The molecule has 0 radical (unpaired) electrons. The van der Waals surface area contributed by atoms with E-state index >= 15 is 0 Å². The molecule has 7 heteroatoms. The summed E-state index contributed by atoms with van der Waals surface area (Å²) in [6.45, 7) is 5.68. The van der Waals surface area contributed by atoms with Gasteiger partial charge in [0.25, 0.3) is 5.91 Å². The van der Waals surface area contributed by atoms with Gasteiger partial charge in [0.2, 0.25) is 5.91 Å². The van der Waals surface area contributed by atoms with Gasteiger partial charge in [-0.3, -0.25) is 14.4 Å². The number of nitrogens with one attached hydrogen (secondary N) is 1. The fourth-order valence-corrected chi connectivity index (χ4v) is 3.53. The SMILES string of the molecule is Cc1ccc(C)c(N2C[C@H](C(=O)OCC(=O)Nc3ccc(Br)c(C)c3)CC2=O)c1. The number of hydrogen-bond donors (Lipinski definition) is 1. The first kappa shape index (κ1) is 21.0. The van der Waals surface area contributed by atoms with Crippen LogP contribution in [0.15, 0.2) is 40.9 Å². The molecule has 1 aliphatic heterocycles. The molecule has 3 rings (SSSR count). The topological polar surface area (TPSA) is 75.7 Å². The maximum absolute atomic E-state index is 12.4. The summed E-state index contributed by atoms with van der Waals surface area (Å²) in [7, 11) is 0. The summed E-state index contributed by atoms with van der Waals surface area (Å²) in [5.74, 6) is -1.65. The van der Waals surface area contributed by atoms with Crippen molar-refractivity contribution < 1.29 is 19.1 Å². The maximum Gasteiger partial charge on any atom is 0.311 e. The summed E-state index contributed by atoms with van der Waals surface area (Å²) >= 11 is 3.40. The predicted molar refractivity (Wildman–Crippen MR) is 115 cm³/mol. The molecule has 2 aromatic carbocycles. The Morgan fingerprint density at radius 3 is 2.62 bits per heavy atom. The van der Waals surface area contributed by atoms with Crippen molar-refractivity contribution in [3.63, 3.8) is 0 Å². The summed E-state index contributed by atoms with van der Waals surface area (Å²) in [6, 6.07) is 11.3. The molecule has 29 heavy (non-hydrogen) atoms. The number of benzene rings is 2. The molecule has 2 amide bonds. The van der Waals surface area contributed by atoms with E-state index in [9.17, 15) is 14.4 Å². The van der Waals surface area contributed by atoms with Crippen LogP contribution >= 0.6 is 15.9 Å². The fraction of sp³-hybridized carbons (Fsp3) is 0.318. The molecule has 1 fully saturated rings. The summed E-state index contributed by atoms with van der Waals surface area (Å²) in [6.07, 6.45) is 0.0831. The van der Waals surface area contributed by atoms with Crippen molar-refractivity contribution in [2.75, 3.05) is 23.4 Å². The summed E-state index contributed by atoms with van der Waals surface area (Å²) < 4.78 is 6.11. The molecule has 0 aliphatic carbocycles. The van der Waals surface area contributed by atoms with Gasteiger partial charge < -0.3 is 15.0 Å². The van der Waals surface area contributed by atoms with E-state index in [-0.39, 0.29) is 25.5 Å². The Kier molecular flexibility index (Phi) is 6.37. The highest BCUT2D eigenvalue weighted by atomic mass is 79.9.